The minimum atomic E-state index is -0.145. The lowest BCUT2D eigenvalue weighted by Crippen LogP contribution is -2.45. The molecule has 1 saturated heterocycles. The first-order chi connectivity index (χ1) is 9.51. The van der Waals surface area contributed by atoms with Gasteiger partial charge < -0.3 is 15.0 Å². The number of rotatable bonds is 4. The molecule has 2 rings (SSSR count). The van der Waals surface area contributed by atoms with Crippen LogP contribution in [0.2, 0.25) is 0 Å². The molecular weight excluding hydrogens is 255 g/mol. The third-order valence-corrected chi connectivity index (χ3v) is 3.74. The topological polar surface area (TPSA) is 24.5 Å². The number of nitrogens with zero attached hydrogens (tertiary/aromatic N) is 1. The molecule has 20 heavy (non-hydrogen) atoms. The number of nitrogens with one attached hydrogen (secondary N) is 1. The molecule has 3 unspecified atom stereocenters. The van der Waals surface area contributed by atoms with Gasteiger partial charge in [0.25, 0.3) is 0 Å². The largest absolute Gasteiger partial charge is 0.372 e. The number of ether oxygens (including phenoxy) is 1. The Morgan fingerprint density at radius 1 is 1.35 bits per heavy atom. The molecule has 0 saturated carbocycles. The predicted octanol–water partition coefficient (Wildman–Crippen LogP) is 3.11. The third kappa shape index (κ3) is 3.49. The van der Waals surface area contributed by atoms with E-state index in [9.17, 15) is 4.39 Å². The van der Waals surface area contributed by atoms with Gasteiger partial charge in [0.1, 0.15) is 5.82 Å². The highest BCUT2D eigenvalue weighted by atomic mass is 19.1. The Labute approximate surface area is 121 Å². The van der Waals surface area contributed by atoms with Gasteiger partial charge in [0.05, 0.1) is 17.9 Å². The van der Waals surface area contributed by atoms with Crippen LogP contribution in [0.25, 0.3) is 0 Å². The first kappa shape index (κ1) is 15.3. The van der Waals surface area contributed by atoms with Crippen LogP contribution in [0.1, 0.15) is 39.3 Å². The van der Waals surface area contributed by atoms with Crippen LogP contribution in [0.5, 0.6) is 0 Å². The molecule has 0 amide bonds. The third-order valence-electron chi connectivity index (χ3n) is 3.74. The first-order valence-corrected chi connectivity index (χ1v) is 7.44. The van der Waals surface area contributed by atoms with Gasteiger partial charge in [-0.25, -0.2) is 4.39 Å². The molecule has 0 aliphatic carbocycles. The van der Waals surface area contributed by atoms with Crippen LogP contribution in [0, 0.1) is 5.82 Å². The van der Waals surface area contributed by atoms with Crippen molar-refractivity contribution in [1.29, 1.82) is 0 Å². The highest BCUT2D eigenvalue weighted by Gasteiger charge is 2.24. The normalized spacial score (nSPS) is 24.8. The minimum Gasteiger partial charge on any atom is -0.372 e. The van der Waals surface area contributed by atoms with Gasteiger partial charge in [0.2, 0.25) is 0 Å². The van der Waals surface area contributed by atoms with Crippen molar-refractivity contribution in [3.63, 3.8) is 0 Å². The molecule has 0 aromatic heterocycles. The van der Waals surface area contributed by atoms with Crippen molar-refractivity contribution in [3.05, 3.63) is 29.6 Å². The lowest BCUT2D eigenvalue weighted by molar-refractivity contribution is -0.00539. The number of anilines is 1. The van der Waals surface area contributed by atoms with E-state index in [-0.39, 0.29) is 24.1 Å². The fraction of sp³-hybridized carbons (Fsp3) is 0.625. The molecule has 1 fully saturated rings. The lowest BCUT2D eigenvalue weighted by atomic mass is 10.1. The van der Waals surface area contributed by atoms with E-state index in [1.807, 2.05) is 26.0 Å². The molecule has 1 aromatic rings. The number of morpholine rings is 1. The van der Waals surface area contributed by atoms with E-state index in [0.717, 1.165) is 25.2 Å². The van der Waals surface area contributed by atoms with Gasteiger partial charge >= 0.3 is 0 Å². The predicted molar refractivity (Wildman–Crippen MR) is 80.7 cm³/mol. The molecule has 0 radical (unpaired) electrons. The number of hydrogen-bond acceptors (Lipinski definition) is 3. The van der Waals surface area contributed by atoms with Gasteiger partial charge in [-0.2, -0.15) is 0 Å². The zero-order valence-corrected chi connectivity index (χ0v) is 12.8. The second-order valence-corrected chi connectivity index (χ2v) is 5.65. The van der Waals surface area contributed by atoms with Crippen molar-refractivity contribution in [2.24, 2.45) is 0 Å². The minimum absolute atomic E-state index is 0.138. The van der Waals surface area contributed by atoms with Crippen molar-refractivity contribution < 1.29 is 9.13 Å². The van der Waals surface area contributed by atoms with Crippen molar-refractivity contribution in [2.45, 2.75) is 45.9 Å². The lowest BCUT2D eigenvalue weighted by Gasteiger charge is -2.37. The Kier molecular flexibility index (Phi) is 5.00. The highest BCUT2D eigenvalue weighted by Crippen LogP contribution is 2.26. The van der Waals surface area contributed by atoms with Crippen molar-refractivity contribution in [2.75, 3.05) is 24.5 Å². The molecule has 0 spiro atoms. The Balaban J connectivity index is 2.17. The van der Waals surface area contributed by atoms with Gasteiger partial charge in [0.15, 0.2) is 0 Å². The molecule has 112 valence electrons. The van der Waals surface area contributed by atoms with Crippen LogP contribution in [-0.4, -0.2) is 31.8 Å². The quantitative estimate of drug-likeness (QED) is 0.917. The first-order valence-electron chi connectivity index (χ1n) is 7.44. The summed E-state index contributed by atoms with van der Waals surface area (Å²) >= 11 is 0. The number of benzene rings is 1. The van der Waals surface area contributed by atoms with E-state index in [4.69, 9.17) is 4.74 Å². The van der Waals surface area contributed by atoms with E-state index in [1.54, 1.807) is 6.07 Å². The SMILES string of the molecule is CCNC(C)c1ccc(N2CC(C)OC(C)C2)c(F)c1. The Morgan fingerprint density at radius 3 is 2.55 bits per heavy atom. The van der Waals surface area contributed by atoms with Gasteiger partial charge in [-0.3, -0.25) is 0 Å². The molecule has 1 aliphatic rings. The monoisotopic (exact) mass is 280 g/mol. The van der Waals surface area contributed by atoms with Crippen LogP contribution in [0.15, 0.2) is 18.2 Å². The van der Waals surface area contributed by atoms with Crippen molar-refractivity contribution >= 4 is 5.69 Å². The zero-order chi connectivity index (χ0) is 14.7. The van der Waals surface area contributed by atoms with Crippen LogP contribution < -0.4 is 10.2 Å². The van der Waals surface area contributed by atoms with E-state index >= 15 is 0 Å². The summed E-state index contributed by atoms with van der Waals surface area (Å²) in [6.45, 7) is 10.5. The second kappa shape index (κ2) is 6.55. The second-order valence-electron chi connectivity index (χ2n) is 5.65. The summed E-state index contributed by atoms with van der Waals surface area (Å²) in [4.78, 5) is 2.08. The average Bonchev–Trinajstić information content (AvgIpc) is 2.37. The Morgan fingerprint density at radius 2 is 2.00 bits per heavy atom. The van der Waals surface area contributed by atoms with Crippen LogP contribution >= 0.6 is 0 Å². The summed E-state index contributed by atoms with van der Waals surface area (Å²) in [5, 5.41) is 3.30. The van der Waals surface area contributed by atoms with Gasteiger partial charge in [-0.05, 0) is 45.0 Å². The molecule has 1 N–H and O–H groups in total. The summed E-state index contributed by atoms with van der Waals surface area (Å²) in [5.74, 6) is -0.145. The molecule has 0 bridgehead atoms. The van der Waals surface area contributed by atoms with E-state index in [1.165, 1.54) is 0 Å². The van der Waals surface area contributed by atoms with E-state index < -0.39 is 0 Å². The molecule has 1 aromatic carbocycles. The Bertz CT molecular complexity index is 442. The summed E-state index contributed by atoms with van der Waals surface area (Å²) in [7, 11) is 0. The maximum absolute atomic E-state index is 14.4. The zero-order valence-electron chi connectivity index (χ0n) is 12.8. The maximum Gasteiger partial charge on any atom is 0.146 e. The van der Waals surface area contributed by atoms with Crippen LogP contribution in [-0.2, 0) is 4.74 Å². The summed E-state index contributed by atoms with van der Waals surface area (Å²) in [6, 6.07) is 5.72. The standard InChI is InChI=1S/C16H25FN2O/c1-5-18-13(4)14-6-7-16(15(17)8-14)19-9-11(2)20-12(3)10-19/h6-8,11-13,18H,5,9-10H2,1-4H3. The summed E-state index contributed by atoms with van der Waals surface area (Å²) < 4.78 is 20.1. The van der Waals surface area contributed by atoms with Gasteiger partial charge in [-0.1, -0.05) is 13.0 Å². The highest BCUT2D eigenvalue weighted by molar-refractivity contribution is 5.50. The number of hydrogen-bond donors (Lipinski definition) is 1. The van der Waals surface area contributed by atoms with E-state index in [0.29, 0.717) is 5.69 Å². The molecule has 3 nitrogen and oxygen atoms in total. The Hall–Kier alpha value is -1.13. The number of halogens is 1. The van der Waals surface area contributed by atoms with Crippen molar-refractivity contribution in [3.8, 4) is 0 Å². The van der Waals surface area contributed by atoms with Gasteiger partial charge in [-0.15, -0.1) is 0 Å². The fourth-order valence-corrected chi connectivity index (χ4v) is 2.85. The smallest absolute Gasteiger partial charge is 0.146 e. The molecule has 3 atom stereocenters. The summed E-state index contributed by atoms with van der Waals surface area (Å²) in [6.07, 6.45) is 0.275. The van der Waals surface area contributed by atoms with Crippen LogP contribution in [0.4, 0.5) is 10.1 Å². The van der Waals surface area contributed by atoms with Crippen molar-refractivity contribution in [1.82, 2.24) is 5.32 Å². The average molecular weight is 280 g/mol. The van der Waals surface area contributed by atoms with Gasteiger partial charge in [0, 0.05) is 19.1 Å². The molecule has 1 heterocycles. The van der Waals surface area contributed by atoms with Crippen LogP contribution in [0.3, 0.4) is 0 Å². The molecular formula is C16H25FN2O. The van der Waals surface area contributed by atoms with E-state index in [2.05, 4.69) is 24.1 Å². The molecule has 4 heteroatoms. The summed E-state index contributed by atoms with van der Waals surface area (Å²) in [5.41, 5.74) is 1.67. The maximum atomic E-state index is 14.4. The fourth-order valence-electron chi connectivity index (χ4n) is 2.85. The molecule has 1 aliphatic heterocycles.